The van der Waals surface area contributed by atoms with Crippen LogP contribution in [0.5, 0.6) is 0 Å². The molecule has 0 aliphatic rings. The number of halogens is 1. The lowest BCUT2D eigenvalue weighted by Gasteiger charge is -2.11. The van der Waals surface area contributed by atoms with Gasteiger partial charge in [0.15, 0.2) is 5.52 Å². The predicted molar refractivity (Wildman–Crippen MR) is 91.3 cm³/mol. The fourth-order valence-corrected chi connectivity index (χ4v) is 3.05. The highest BCUT2D eigenvalue weighted by Crippen LogP contribution is 2.29. The number of hydrogen-bond acceptors (Lipinski definition) is 4. The van der Waals surface area contributed by atoms with Crippen LogP contribution in [0.1, 0.15) is 5.56 Å². The maximum Gasteiger partial charge on any atom is 0.284 e. The van der Waals surface area contributed by atoms with Crippen molar-refractivity contribution in [2.45, 2.75) is 0 Å². The zero-order valence-electron chi connectivity index (χ0n) is 12.6. The molecule has 0 aliphatic heterocycles. The van der Waals surface area contributed by atoms with E-state index in [4.69, 9.17) is 11.6 Å². The minimum absolute atomic E-state index is 0.258. The first-order valence-corrected chi connectivity index (χ1v) is 7.50. The van der Waals surface area contributed by atoms with Crippen molar-refractivity contribution in [3.63, 3.8) is 0 Å². The molecule has 3 heterocycles. The van der Waals surface area contributed by atoms with Crippen LogP contribution in [0.15, 0.2) is 47.7 Å². The average molecular weight is 336 g/mol. The van der Waals surface area contributed by atoms with Gasteiger partial charge in [0, 0.05) is 30.2 Å². The summed E-state index contributed by atoms with van der Waals surface area (Å²) in [6.45, 7) is 0. The van der Waals surface area contributed by atoms with Gasteiger partial charge in [-0.15, -0.1) is 0 Å². The molecule has 3 aromatic heterocycles. The molecule has 4 aromatic rings. The summed E-state index contributed by atoms with van der Waals surface area (Å²) in [5.74, 6) is 0. The van der Waals surface area contributed by atoms with E-state index in [0.29, 0.717) is 32.7 Å². The van der Waals surface area contributed by atoms with Crippen LogP contribution in [0.2, 0.25) is 5.02 Å². The van der Waals surface area contributed by atoms with Crippen molar-refractivity contribution in [3.05, 3.63) is 63.8 Å². The van der Waals surface area contributed by atoms with Gasteiger partial charge in [-0.3, -0.25) is 19.0 Å². The lowest BCUT2D eigenvalue weighted by molar-refractivity contribution is 0.777. The lowest BCUT2D eigenvalue weighted by Crippen LogP contribution is -2.19. The van der Waals surface area contributed by atoms with Crippen molar-refractivity contribution in [1.29, 1.82) is 5.26 Å². The number of aromatic nitrogens is 4. The van der Waals surface area contributed by atoms with Crippen molar-refractivity contribution in [2.75, 3.05) is 0 Å². The fraction of sp³-hybridized carbons (Fsp3) is 0.0588. The fourth-order valence-electron chi connectivity index (χ4n) is 2.85. The number of fused-ring (bicyclic) bond motifs is 3. The minimum Gasteiger partial charge on any atom is -0.274 e. The quantitative estimate of drug-likeness (QED) is 0.536. The van der Waals surface area contributed by atoms with Gasteiger partial charge in [0.2, 0.25) is 0 Å². The van der Waals surface area contributed by atoms with E-state index in [1.807, 2.05) is 0 Å². The van der Waals surface area contributed by atoms with Crippen molar-refractivity contribution in [1.82, 2.24) is 19.3 Å². The molecule has 4 rings (SSSR count). The number of pyridine rings is 2. The summed E-state index contributed by atoms with van der Waals surface area (Å²) < 4.78 is 3.10. The second kappa shape index (κ2) is 5.18. The largest absolute Gasteiger partial charge is 0.284 e. The second-order valence-corrected chi connectivity index (χ2v) is 5.79. The summed E-state index contributed by atoms with van der Waals surface area (Å²) in [5, 5.41) is 15.3. The SMILES string of the molecule is Cn1cc2c(n1)c(=O)n(-c1cccnc1)c1cc(Cl)c(C#N)cc21. The van der Waals surface area contributed by atoms with Gasteiger partial charge >= 0.3 is 0 Å². The molecule has 7 heteroatoms. The molecule has 0 amide bonds. The van der Waals surface area contributed by atoms with Crippen molar-refractivity contribution >= 4 is 33.4 Å². The molecule has 0 radical (unpaired) electrons. The van der Waals surface area contributed by atoms with E-state index in [9.17, 15) is 10.1 Å². The summed E-state index contributed by atoms with van der Waals surface area (Å²) in [5.41, 5.74) is 1.65. The Hall–Kier alpha value is -3.17. The molecule has 0 saturated heterocycles. The van der Waals surface area contributed by atoms with Crippen LogP contribution < -0.4 is 5.56 Å². The van der Waals surface area contributed by atoms with Crippen LogP contribution in [0.25, 0.3) is 27.5 Å². The normalized spacial score (nSPS) is 11.0. The summed E-state index contributed by atoms with van der Waals surface area (Å²) in [6, 6.07) is 8.94. The molecule has 0 spiro atoms. The standard InChI is InChI=1S/C17H10ClN5O/c1-22-9-13-12-5-10(7-19)14(18)6-15(12)23(17(24)16(13)21-22)11-3-2-4-20-8-11/h2-6,8-9H,1H3. The molecule has 0 bridgehead atoms. The van der Waals surface area contributed by atoms with Crippen molar-refractivity contribution in [3.8, 4) is 11.8 Å². The van der Waals surface area contributed by atoms with Crippen LogP contribution in [-0.4, -0.2) is 19.3 Å². The van der Waals surface area contributed by atoms with Gasteiger partial charge in [-0.25, -0.2) is 0 Å². The van der Waals surface area contributed by atoms with Gasteiger partial charge in [-0.05, 0) is 24.3 Å². The molecule has 24 heavy (non-hydrogen) atoms. The van der Waals surface area contributed by atoms with Crippen LogP contribution in [0.4, 0.5) is 0 Å². The Morgan fingerprint density at radius 2 is 2.12 bits per heavy atom. The van der Waals surface area contributed by atoms with E-state index in [0.717, 1.165) is 5.39 Å². The molecular weight excluding hydrogens is 326 g/mol. The molecule has 0 aliphatic carbocycles. The van der Waals surface area contributed by atoms with Gasteiger partial charge < -0.3 is 0 Å². The van der Waals surface area contributed by atoms with E-state index in [1.165, 1.54) is 4.57 Å². The van der Waals surface area contributed by atoms with Gasteiger partial charge in [-0.1, -0.05) is 11.6 Å². The molecule has 116 valence electrons. The molecule has 0 saturated carbocycles. The Morgan fingerprint density at radius 1 is 1.29 bits per heavy atom. The maximum atomic E-state index is 13.0. The second-order valence-electron chi connectivity index (χ2n) is 5.38. The zero-order valence-corrected chi connectivity index (χ0v) is 13.3. The monoisotopic (exact) mass is 335 g/mol. The van der Waals surface area contributed by atoms with Crippen molar-refractivity contribution < 1.29 is 0 Å². The van der Waals surface area contributed by atoms with E-state index < -0.39 is 0 Å². The highest BCUT2D eigenvalue weighted by molar-refractivity contribution is 6.32. The Labute approximate surface area is 141 Å². The maximum absolute atomic E-state index is 13.0. The first kappa shape index (κ1) is 14.4. The first-order valence-electron chi connectivity index (χ1n) is 7.12. The van der Waals surface area contributed by atoms with Gasteiger partial charge in [0.25, 0.3) is 5.56 Å². The Kier molecular flexibility index (Phi) is 3.12. The summed E-state index contributed by atoms with van der Waals surface area (Å²) in [7, 11) is 1.75. The smallest absolute Gasteiger partial charge is 0.274 e. The molecule has 0 fully saturated rings. The van der Waals surface area contributed by atoms with E-state index in [-0.39, 0.29) is 5.56 Å². The van der Waals surface area contributed by atoms with Gasteiger partial charge in [-0.2, -0.15) is 10.4 Å². The van der Waals surface area contributed by atoms with E-state index >= 15 is 0 Å². The molecular formula is C17H10ClN5O. The number of nitriles is 1. The third-order valence-corrected chi connectivity index (χ3v) is 4.19. The van der Waals surface area contributed by atoms with Crippen LogP contribution in [-0.2, 0) is 7.05 Å². The van der Waals surface area contributed by atoms with Gasteiger partial charge in [0.05, 0.1) is 28.0 Å². The van der Waals surface area contributed by atoms with Crippen LogP contribution in [0.3, 0.4) is 0 Å². The highest BCUT2D eigenvalue weighted by Gasteiger charge is 2.17. The number of benzene rings is 1. The first-order chi connectivity index (χ1) is 11.6. The Balaban J connectivity index is 2.29. The molecule has 0 N–H and O–H groups in total. The number of rotatable bonds is 1. The minimum atomic E-state index is -0.258. The molecule has 6 nitrogen and oxygen atoms in total. The van der Waals surface area contributed by atoms with Crippen LogP contribution >= 0.6 is 11.6 Å². The highest BCUT2D eigenvalue weighted by atomic mass is 35.5. The molecule has 0 atom stereocenters. The van der Waals surface area contributed by atoms with E-state index in [1.54, 1.807) is 54.6 Å². The van der Waals surface area contributed by atoms with Crippen LogP contribution in [0, 0.1) is 11.3 Å². The predicted octanol–water partition coefficient (Wildman–Crippen LogP) is 2.80. The topological polar surface area (TPSA) is 76.5 Å². The Bertz CT molecular complexity index is 1200. The number of nitrogens with zero attached hydrogens (tertiary/aromatic N) is 5. The lowest BCUT2D eigenvalue weighted by atomic mass is 10.1. The summed E-state index contributed by atoms with van der Waals surface area (Å²) in [6.07, 6.45) is 5.00. The third-order valence-electron chi connectivity index (χ3n) is 3.88. The number of aryl methyl sites for hydroxylation is 1. The van der Waals surface area contributed by atoms with Gasteiger partial charge in [0.1, 0.15) is 6.07 Å². The third kappa shape index (κ3) is 1.99. The average Bonchev–Trinajstić information content (AvgIpc) is 2.98. The molecule has 0 unspecified atom stereocenters. The molecule has 1 aromatic carbocycles. The Morgan fingerprint density at radius 3 is 2.83 bits per heavy atom. The summed E-state index contributed by atoms with van der Waals surface area (Å²) in [4.78, 5) is 17.1. The van der Waals surface area contributed by atoms with E-state index in [2.05, 4.69) is 16.2 Å². The zero-order chi connectivity index (χ0) is 16.8. The number of hydrogen-bond donors (Lipinski definition) is 0. The summed E-state index contributed by atoms with van der Waals surface area (Å²) >= 11 is 6.20. The van der Waals surface area contributed by atoms with Crippen molar-refractivity contribution in [2.24, 2.45) is 7.05 Å².